The fourth-order valence-electron chi connectivity index (χ4n) is 3.29. The first kappa shape index (κ1) is 19.2. The number of rotatable bonds is 6. The van der Waals surface area contributed by atoms with E-state index in [-0.39, 0.29) is 18.1 Å². The van der Waals surface area contributed by atoms with Crippen molar-refractivity contribution >= 4 is 5.91 Å². The van der Waals surface area contributed by atoms with E-state index in [1.807, 2.05) is 43.3 Å². The molecule has 1 aliphatic rings. The van der Waals surface area contributed by atoms with E-state index in [9.17, 15) is 4.79 Å². The molecule has 3 rings (SSSR count). The summed E-state index contributed by atoms with van der Waals surface area (Å²) in [6.07, 6.45) is 2.18. The minimum absolute atomic E-state index is 0.0696. The molecule has 2 aromatic rings. The summed E-state index contributed by atoms with van der Waals surface area (Å²) in [4.78, 5) is 14.9. The Kier molecular flexibility index (Phi) is 6.35. The molecule has 0 bridgehead atoms. The maximum absolute atomic E-state index is 12.6. The highest BCUT2D eigenvalue weighted by molar-refractivity contribution is 5.95. The molecule has 1 saturated heterocycles. The third kappa shape index (κ3) is 5.01. The van der Waals surface area contributed by atoms with Gasteiger partial charge in [0.25, 0.3) is 5.91 Å². The van der Waals surface area contributed by atoms with Gasteiger partial charge < -0.3 is 19.7 Å². The summed E-state index contributed by atoms with van der Waals surface area (Å²) in [5.41, 5.74) is 1.63. The molecule has 0 unspecified atom stereocenters. The van der Waals surface area contributed by atoms with Gasteiger partial charge in [-0.15, -0.1) is 0 Å². The lowest BCUT2D eigenvalue weighted by Crippen LogP contribution is -2.35. The van der Waals surface area contributed by atoms with Gasteiger partial charge in [-0.1, -0.05) is 30.3 Å². The normalized spacial score (nSPS) is 16.6. The van der Waals surface area contributed by atoms with Crippen molar-refractivity contribution in [3.63, 3.8) is 0 Å². The maximum Gasteiger partial charge on any atom is 0.251 e. The Hall–Kier alpha value is -2.53. The number of nitrogens with zero attached hydrogens (tertiary/aromatic N) is 1. The van der Waals surface area contributed by atoms with E-state index in [0.29, 0.717) is 17.1 Å². The van der Waals surface area contributed by atoms with Crippen molar-refractivity contribution in [3.05, 3.63) is 59.7 Å². The number of carbonyl (C=O) groups is 1. The number of carbonyl (C=O) groups excluding carboxylic acids is 1. The Balaban J connectivity index is 1.67. The van der Waals surface area contributed by atoms with Crippen molar-refractivity contribution in [2.45, 2.75) is 31.9 Å². The number of hydrogen-bond donors (Lipinski definition) is 1. The highest BCUT2D eigenvalue weighted by Crippen LogP contribution is 2.30. The summed E-state index contributed by atoms with van der Waals surface area (Å²) >= 11 is 0. The van der Waals surface area contributed by atoms with Crippen LogP contribution in [0.4, 0.5) is 0 Å². The van der Waals surface area contributed by atoms with Crippen LogP contribution in [-0.4, -0.2) is 44.2 Å². The topological polar surface area (TPSA) is 50.8 Å². The largest absolute Gasteiger partial charge is 0.493 e. The van der Waals surface area contributed by atoms with Gasteiger partial charge in [-0.2, -0.15) is 0 Å². The molecule has 2 aromatic carbocycles. The van der Waals surface area contributed by atoms with E-state index < -0.39 is 0 Å². The van der Waals surface area contributed by atoms with Crippen molar-refractivity contribution in [1.82, 2.24) is 10.2 Å². The minimum atomic E-state index is -0.129. The molecular formula is C22H28N2O3. The van der Waals surface area contributed by atoms with Crippen LogP contribution in [0.15, 0.2) is 48.5 Å². The lowest BCUT2D eigenvalue weighted by atomic mass is 10.1. The molecule has 1 atom stereocenters. The monoisotopic (exact) mass is 368 g/mol. The molecule has 0 radical (unpaired) electrons. The summed E-state index contributed by atoms with van der Waals surface area (Å²) in [5, 5.41) is 3.03. The zero-order valence-corrected chi connectivity index (χ0v) is 16.3. The third-order valence-corrected chi connectivity index (χ3v) is 5.03. The van der Waals surface area contributed by atoms with Crippen molar-refractivity contribution in [3.8, 4) is 11.5 Å². The number of hydrogen-bond acceptors (Lipinski definition) is 4. The molecule has 1 aliphatic heterocycles. The SMILES string of the molecule is COc1cc(C(=O)N[C@H](C)c2ccccc2)ccc1OC1CCN(C)CC1. The van der Waals surface area contributed by atoms with Crippen LogP contribution in [0, 0.1) is 0 Å². The van der Waals surface area contributed by atoms with Gasteiger partial charge in [0.15, 0.2) is 11.5 Å². The van der Waals surface area contributed by atoms with Crippen molar-refractivity contribution in [2.24, 2.45) is 0 Å². The molecule has 1 amide bonds. The minimum Gasteiger partial charge on any atom is -0.493 e. The highest BCUT2D eigenvalue weighted by atomic mass is 16.5. The van der Waals surface area contributed by atoms with Crippen molar-refractivity contribution in [2.75, 3.05) is 27.2 Å². The zero-order valence-electron chi connectivity index (χ0n) is 16.3. The number of piperidine rings is 1. The Morgan fingerprint density at radius 2 is 1.81 bits per heavy atom. The molecule has 5 heteroatoms. The first-order chi connectivity index (χ1) is 13.1. The predicted molar refractivity (Wildman–Crippen MR) is 106 cm³/mol. The maximum atomic E-state index is 12.6. The van der Waals surface area contributed by atoms with Crippen LogP contribution in [-0.2, 0) is 0 Å². The lowest BCUT2D eigenvalue weighted by Gasteiger charge is -2.29. The van der Waals surface area contributed by atoms with E-state index in [1.165, 1.54) is 0 Å². The van der Waals surface area contributed by atoms with Crippen LogP contribution in [0.2, 0.25) is 0 Å². The quantitative estimate of drug-likeness (QED) is 0.845. The molecular weight excluding hydrogens is 340 g/mol. The Morgan fingerprint density at radius 3 is 2.48 bits per heavy atom. The van der Waals surface area contributed by atoms with Gasteiger partial charge in [0, 0.05) is 18.7 Å². The second-order valence-electron chi connectivity index (χ2n) is 7.09. The summed E-state index contributed by atoms with van der Waals surface area (Å²) in [7, 11) is 3.73. The van der Waals surface area contributed by atoms with Crippen LogP contribution in [0.3, 0.4) is 0 Å². The first-order valence-corrected chi connectivity index (χ1v) is 9.46. The number of likely N-dealkylation sites (tertiary alicyclic amines) is 1. The van der Waals surface area contributed by atoms with E-state index in [4.69, 9.17) is 9.47 Å². The number of ether oxygens (including phenoxy) is 2. The molecule has 144 valence electrons. The number of amides is 1. The molecule has 0 spiro atoms. The van der Waals surface area contributed by atoms with Crippen LogP contribution in [0.1, 0.15) is 41.7 Å². The van der Waals surface area contributed by atoms with Crippen LogP contribution in [0.5, 0.6) is 11.5 Å². The van der Waals surface area contributed by atoms with E-state index in [0.717, 1.165) is 31.5 Å². The Morgan fingerprint density at radius 1 is 1.11 bits per heavy atom. The Labute approximate surface area is 161 Å². The molecule has 0 aromatic heterocycles. The van der Waals surface area contributed by atoms with Crippen LogP contribution in [0.25, 0.3) is 0 Å². The summed E-state index contributed by atoms with van der Waals surface area (Å²) in [6, 6.07) is 15.2. The third-order valence-electron chi connectivity index (χ3n) is 5.03. The average molecular weight is 368 g/mol. The second-order valence-corrected chi connectivity index (χ2v) is 7.09. The van der Waals surface area contributed by atoms with Gasteiger partial charge in [0.05, 0.1) is 13.2 Å². The summed E-state index contributed by atoms with van der Waals surface area (Å²) in [6.45, 7) is 4.04. The molecule has 27 heavy (non-hydrogen) atoms. The number of methoxy groups -OCH3 is 1. The highest BCUT2D eigenvalue weighted by Gasteiger charge is 2.20. The predicted octanol–water partition coefficient (Wildman–Crippen LogP) is 3.66. The van der Waals surface area contributed by atoms with Gasteiger partial charge in [0.2, 0.25) is 0 Å². The smallest absolute Gasteiger partial charge is 0.251 e. The van der Waals surface area contributed by atoms with Crippen LogP contribution >= 0.6 is 0 Å². The molecule has 5 nitrogen and oxygen atoms in total. The second kappa shape index (κ2) is 8.91. The number of benzene rings is 2. The fraction of sp³-hybridized carbons (Fsp3) is 0.409. The zero-order chi connectivity index (χ0) is 19.2. The van der Waals surface area contributed by atoms with Crippen molar-refractivity contribution in [1.29, 1.82) is 0 Å². The van der Waals surface area contributed by atoms with E-state index in [1.54, 1.807) is 19.2 Å². The van der Waals surface area contributed by atoms with E-state index >= 15 is 0 Å². The number of nitrogens with one attached hydrogen (secondary N) is 1. The van der Waals surface area contributed by atoms with E-state index in [2.05, 4.69) is 17.3 Å². The first-order valence-electron chi connectivity index (χ1n) is 9.46. The van der Waals surface area contributed by atoms with Gasteiger partial charge in [0.1, 0.15) is 6.10 Å². The van der Waals surface area contributed by atoms with Gasteiger partial charge in [-0.3, -0.25) is 4.79 Å². The van der Waals surface area contributed by atoms with Gasteiger partial charge >= 0.3 is 0 Å². The van der Waals surface area contributed by atoms with Crippen LogP contribution < -0.4 is 14.8 Å². The molecule has 0 aliphatic carbocycles. The summed E-state index contributed by atoms with van der Waals surface area (Å²) in [5.74, 6) is 1.16. The summed E-state index contributed by atoms with van der Waals surface area (Å²) < 4.78 is 11.6. The Bertz CT molecular complexity index is 755. The van der Waals surface area contributed by atoms with Gasteiger partial charge in [-0.05, 0) is 50.6 Å². The fourth-order valence-corrected chi connectivity index (χ4v) is 3.29. The van der Waals surface area contributed by atoms with Crippen molar-refractivity contribution < 1.29 is 14.3 Å². The standard InChI is InChI=1S/C22H28N2O3/c1-16(17-7-5-4-6-8-17)23-22(25)18-9-10-20(21(15-18)26-3)27-19-11-13-24(2)14-12-19/h4-10,15-16,19H,11-14H2,1-3H3,(H,23,25)/t16-/m1/s1. The lowest BCUT2D eigenvalue weighted by molar-refractivity contribution is 0.0939. The molecule has 1 heterocycles. The molecule has 0 saturated carbocycles. The average Bonchev–Trinajstić information content (AvgIpc) is 2.70. The van der Waals surface area contributed by atoms with Gasteiger partial charge in [-0.25, -0.2) is 0 Å². The molecule has 1 N–H and O–H groups in total. The molecule has 1 fully saturated rings.